The second-order valence-electron chi connectivity index (χ2n) is 6.19. The van der Waals surface area contributed by atoms with Crippen LogP contribution in [-0.2, 0) is 14.3 Å². The Morgan fingerprint density at radius 2 is 2.09 bits per heavy atom. The smallest absolute Gasteiger partial charge is 0.228 e. The van der Waals surface area contributed by atoms with Crippen molar-refractivity contribution in [2.75, 3.05) is 18.5 Å². The van der Waals surface area contributed by atoms with Gasteiger partial charge in [0.2, 0.25) is 11.8 Å². The standard InChI is InChI=1S/C17H22N2O3/c1-11-4-2-5-12(8-11)19-17(21)15-9-14(15)16(20)18-10-13-6-3-7-22-13/h2,4-5,8,13-15H,3,6-7,9-10H2,1H3,(H,18,20)(H,19,21). The summed E-state index contributed by atoms with van der Waals surface area (Å²) in [5, 5.41) is 5.78. The number of aryl methyl sites for hydroxylation is 1. The van der Waals surface area contributed by atoms with Gasteiger partial charge < -0.3 is 15.4 Å². The van der Waals surface area contributed by atoms with Crippen LogP contribution in [0.4, 0.5) is 5.69 Å². The fourth-order valence-corrected chi connectivity index (χ4v) is 2.88. The molecule has 2 N–H and O–H groups in total. The Labute approximate surface area is 130 Å². The highest BCUT2D eigenvalue weighted by Crippen LogP contribution is 2.39. The maximum atomic E-state index is 12.1. The van der Waals surface area contributed by atoms with Crippen LogP contribution < -0.4 is 10.6 Å². The molecule has 3 unspecified atom stereocenters. The quantitative estimate of drug-likeness (QED) is 0.872. The van der Waals surface area contributed by atoms with Crippen molar-refractivity contribution in [3.05, 3.63) is 29.8 Å². The summed E-state index contributed by atoms with van der Waals surface area (Å²) in [6.45, 7) is 3.32. The Morgan fingerprint density at radius 1 is 1.27 bits per heavy atom. The van der Waals surface area contributed by atoms with Gasteiger partial charge in [0.1, 0.15) is 0 Å². The lowest BCUT2D eigenvalue weighted by atomic mass is 10.2. The summed E-state index contributed by atoms with van der Waals surface area (Å²) in [5.74, 6) is -0.487. The number of carbonyl (C=O) groups excluding carboxylic acids is 2. The molecule has 1 aromatic carbocycles. The number of benzene rings is 1. The Balaban J connectivity index is 1.44. The lowest BCUT2D eigenvalue weighted by molar-refractivity contribution is -0.125. The van der Waals surface area contributed by atoms with Gasteiger partial charge >= 0.3 is 0 Å². The highest BCUT2D eigenvalue weighted by atomic mass is 16.5. The van der Waals surface area contributed by atoms with E-state index in [0.29, 0.717) is 13.0 Å². The first-order chi connectivity index (χ1) is 10.6. The van der Waals surface area contributed by atoms with Gasteiger partial charge in [-0.05, 0) is 43.9 Å². The van der Waals surface area contributed by atoms with Crippen molar-refractivity contribution in [1.82, 2.24) is 5.32 Å². The zero-order chi connectivity index (χ0) is 15.5. The van der Waals surface area contributed by atoms with Crippen LogP contribution in [0.15, 0.2) is 24.3 Å². The number of rotatable bonds is 5. The third-order valence-electron chi connectivity index (χ3n) is 4.28. The van der Waals surface area contributed by atoms with Gasteiger partial charge in [-0.1, -0.05) is 12.1 Å². The minimum Gasteiger partial charge on any atom is -0.376 e. The van der Waals surface area contributed by atoms with Crippen LogP contribution in [-0.4, -0.2) is 31.1 Å². The van der Waals surface area contributed by atoms with Crippen molar-refractivity contribution in [3.8, 4) is 0 Å². The van der Waals surface area contributed by atoms with E-state index in [2.05, 4.69) is 10.6 Å². The summed E-state index contributed by atoms with van der Waals surface area (Å²) >= 11 is 0. The molecule has 2 aliphatic rings. The lowest BCUT2D eigenvalue weighted by Crippen LogP contribution is -2.33. The van der Waals surface area contributed by atoms with Crippen molar-refractivity contribution in [1.29, 1.82) is 0 Å². The van der Waals surface area contributed by atoms with Gasteiger partial charge in [0.25, 0.3) is 0 Å². The fraction of sp³-hybridized carbons (Fsp3) is 0.529. The molecule has 2 fully saturated rings. The van der Waals surface area contributed by atoms with Crippen LogP contribution in [0, 0.1) is 18.8 Å². The Hall–Kier alpha value is -1.88. The predicted molar refractivity (Wildman–Crippen MR) is 83.4 cm³/mol. The molecule has 1 aliphatic carbocycles. The van der Waals surface area contributed by atoms with E-state index in [-0.39, 0.29) is 29.8 Å². The van der Waals surface area contributed by atoms with E-state index < -0.39 is 0 Å². The molecule has 3 atom stereocenters. The molecule has 0 radical (unpaired) electrons. The molecule has 1 saturated heterocycles. The van der Waals surface area contributed by atoms with Gasteiger partial charge in [-0.15, -0.1) is 0 Å². The largest absolute Gasteiger partial charge is 0.376 e. The molecule has 22 heavy (non-hydrogen) atoms. The van der Waals surface area contributed by atoms with Gasteiger partial charge in [-0.3, -0.25) is 9.59 Å². The number of ether oxygens (including phenoxy) is 1. The number of hydrogen-bond donors (Lipinski definition) is 2. The first kappa shape index (κ1) is 15.0. The van der Waals surface area contributed by atoms with Gasteiger partial charge in [-0.2, -0.15) is 0 Å². The van der Waals surface area contributed by atoms with Crippen LogP contribution in [0.2, 0.25) is 0 Å². The first-order valence-electron chi connectivity index (χ1n) is 7.90. The zero-order valence-corrected chi connectivity index (χ0v) is 12.8. The molecule has 1 aromatic rings. The van der Waals surface area contributed by atoms with E-state index in [1.807, 2.05) is 31.2 Å². The third-order valence-corrected chi connectivity index (χ3v) is 4.28. The Morgan fingerprint density at radius 3 is 2.82 bits per heavy atom. The van der Waals surface area contributed by atoms with Gasteiger partial charge in [0.05, 0.1) is 17.9 Å². The molecule has 3 rings (SSSR count). The summed E-state index contributed by atoms with van der Waals surface area (Å²) < 4.78 is 5.47. The second kappa shape index (κ2) is 6.48. The van der Waals surface area contributed by atoms with E-state index in [1.165, 1.54) is 0 Å². The lowest BCUT2D eigenvalue weighted by Gasteiger charge is -2.10. The van der Waals surface area contributed by atoms with Crippen LogP contribution in [0.5, 0.6) is 0 Å². The first-order valence-corrected chi connectivity index (χ1v) is 7.90. The average molecular weight is 302 g/mol. The topological polar surface area (TPSA) is 67.4 Å². The molecule has 2 amide bonds. The average Bonchev–Trinajstić information content (AvgIpc) is 3.13. The van der Waals surface area contributed by atoms with E-state index in [9.17, 15) is 9.59 Å². The monoisotopic (exact) mass is 302 g/mol. The molecular formula is C17H22N2O3. The minimum absolute atomic E-state index is 0.0279. The summed E-state index contributed by atoms with van der Waals surface area (Å²) in [4.78, 5) is 24.2. The summed E-state index contributed by atoms with van der Waals surface area (Å²) in [6, 6.07) is 7.67. The summed E-state index contributed by atoms with van der Waals surface area (Å²) in [7, 11) is 0. The molecule has 5 heteroatoms. The molecule has 0 aromatic heterocycles. The van der Waals surface area contributed by atoms with Crippen molar-refractivity contribution < 1.29 is 14.3 Å². The number of anilines is 1. The number of carbonyl (C=O) groups is 2. The number of amides is 2. The summed E-state index contributed by atoms with van der Waals surface area (Å²) in [5.41, 5.74) is 1.88. The van der Waals surface area contributed by atoms with Crippen molar-refractivity contribution in [3.63, 3.8) is 0 Å². The van der Waals surface area contributed by atoms with Gasteiger partial charge in [0.15, 0.2) is 0 Å². The SMILES string of the molecule is Cc1cccc(NC(=O)C2CC2C(=O)NCC2CCCO2)c1. The van der Waals surface area contributed by atoms with E-state index in [1.54, 1.807) is 0 Å². The minimum atomic E-state index is -0.204. The molecule has 1 saturated carbocycles. The maximum Gasteiger partial charge on any atom is 0.228 e. The fourth-order valence-electron chi connectivity index (χ4n) is 2.88. The van der Waals surface area contributed by atoms with Crippen molar-refractivity contribution in [2.45, 2.75) is 32.3 Å². The molecular weight excluding hydrogens is 280 g/mol. The predicted octanol–water partition coefficient (Wildman–Crippen LogP) is 1.86. The Kier molecular flexibility index (Phi) is 4.43. The maximum absolute atomic E-state index is 12.1. The molecule has 0 spiro atoms. The zero-order valence-electron chi connectivity index (χ0n) is 12.8. The van der Waals surface area contributed by atoms with Crippen molar-refractivity contribution in [2.24, 2.45) is 11.8 Å². The molecule has 1 aliphatic heterocycles. The summed E-state index contributed by atoms with van der Waals surface area (Å²) in [6.07, 6.45) is 2.84. The second-order valence-corrected chi connectivity index (χ2v) is 6.19. The van der Waals surface area contributed by atoms with Gasteiger partial charge in [-0.25, -0.2) is 0 Å². The van der Waals surface area contributed by atoms with Crippen LogP contribution >= 0.6 is 0 Å². The number of hydrogen-bond acceptors (Lipinski definition) is 3. The number of nitrogens with one attached hydrogen (secondary N) is 2. The van der Waals surface area contributed by atoms with E-state index in [4.69, 9.17) is 4.74 Å². The van der Waals surface area contributed by atoms with Crippen molar-refractivity contribution >= 4 is 17.5 Å². The van der Waals surface area contributed by atoms with E-state index in [0.717, 1.165) is 30.7 Å². The molecule has 5 nitrogen and oxygen atoms in total. The third kappa shape index (κ3) is 3.65. The van der Waals surface area contributed by atoms with Gasteiger partial charge in [0, 0.05) is 18.8 Å². The van der Waals surface area contributed by atoms with Crippen LogP contribution in [0.3, 0.4) is 0 Å². The van der Waals surface area contributed by atoms with E-state index >= 15 is 0 Å². The molecule has 118 valence electrons. The molecule has 0 bridgehead atoms. The Bertz CT molecular complexity index is 567. The van der Waals surface area contributed by atoms with Crippen LogP contribution in [0.25, 0.3) is 0 Å². The van der Waals surface area contributed by atoms with Crippen LogP contribution in [0.1, 0.15) is 24.8 Å². The normalized spacial score (nSPS) is 26.5. The molecule has 1 heterocycles. The highest BCUT2D eigenvalue weighted by Gasteiger charge is 2.48. The highest BCUT2D eigenvalue weighted by molar-refractivity contribution is 5.99.